The van der Waals surface area contributed by atoms with Crippen LogP contribution in [0.1, 0.15) is 19.8 Å². The molecule has 2 aliphatic rings. The first kappa shape index (κ1) is 12.9. The average Bonchev–Trinajstić information content (AvgIpc) is 2.86. The Balaban J connectivity index is 2.00. The molecule has 1 aromatic rings. The minimum atomic E-state index is -0.403. The van der Waals surface area contributed by atoms with Crippen molar-refractivity contribution in [2.75, 3.05) is 11.4 Å². The second kappa shape index (κ2) is 4.77. The Labute approximate surface area is 125 Å². The summed E-state index contributed by atoms with van der Waals surface area (Å²) in [5.74, 6) is 0.132. The molecule has 2 aliphatic heterocycles. The van der Waals surface area contributed by atoms with E-state index in [2.05, 4.69) is 22.6 Å². The van der Waals surface area contributed by atoms with E-state index in [0.717, 1.165) is 28.6 Å². The number of hydrogen-bond acceptors (Lipinski definition) is 2. The van der Waals surface area contributed by atoms with Gasteiger partial charge in [-0.15, -0.1) is 0 Å². The van der Waals surface area contributed by atoms with E-state index < -0.39 is 6.04 Å². The summed E-state index contributed by atoms with van der Waals surface area (Å²) in [6.07, 6.45) is 1.72. The number of nitrogens with zero attached hydrogens (tertiary/aromatic N) is 2. The van der Waals surface area contributed by atoms with Crippen LogP contribution >= 0.6 is 22.6 Å². The molecule has 0 aromatic heterocycles. The lowest BCUT2D eigenvalue weighted by Crippen LogP contribution is -2.62. The molecule has 100 valence electrons. The van der Waals surface area contributed by atoms with Crippen LogP contribution in [0.2, 0.25) is 0 Å². The number of carbonyl (C=O) groups is 2. The highest BCUT2D eigenvalue weighted by Gasteiger charge is 2.46. The second-order valence-electron chi connectivity index (χ2n) is 5.05. The van der Waals surface area contributed by atoms with Crippen LogP contribution in [0, 0.1) is 3.57 Å². The summed E-state index contributed by atoms with van der Waals surface area (Å²) in [7, 11) is 0. The molecule has 2 amide bonds. The smallest absolute Gasteiger partial charge is 0.250 e. The van der Waals surface area contributed by atoms with Crippen molar-refractivity contribution >= 4 is 40.1 Å². The van der Waals surface area contributed by atoms with Crippen LogP contribution in [-0.4, -0.2) is 35.3 Å². The van der Waals surface area contributed by atoms with Gasteiger partial charge in [0.05, 0.1) is 0 Å². The lowest BCUT2D eigenvalue weighted by molar-refractivity contribution is -0.143. The Kier molecular flexibility index (Phi) is 3.24. The van der Waals surface area contributed by atoms with Gasteiger partial charge in [0.2, 0.25) is 5.91 Å². The fourth-order valence-electron chi connectivity index (χ4n) is 2.97. The number of anilines is 1. The molecule has 0 radical (unpaired) electrons. The van der Waals surface area contributed by atoms with Crippen LogP contribution in [-0.2, 0) is 9.59 Å². The minimum Gasteiger partial charge on any atom is -0.329 e. The number of hydrogen-bond donors (Lipinski definition) is 0. The zero-order chi connectivity index (χ0) is 13.6. The normalized spacial score (nSPS) is 26.8. The molecule has 0 spiro atoms. The second-order valence-corrected chi connectivity index (χ2v) is 6.30. The molecule has 2 saturated heterocycles. The van der Waals surface area contributed by atoms with E-state index in [1.165, 1.54) is 0 Å². The molecule has 0 N–H and O–H groups in total. The number of carbonyl (C=O) groups excluding carboxylic acids is 2. The molecule has 3 rings (SSSR count). The summed E-state index contributed by atoms with van der Waals surface area (Å²) < 4.78 is 1.07. The molecular formula is C14H15IN2O2. The SMILES string of the molecule is CC1C(=O)N2CCCC2C(=O)N1c1cccc(I)c1. The number of amides is 2. The van der Waals surface area contributed by atoms with E-state index >= 15 is 0 Å². The summed E-state index contributed by atoms with van der Waals surface area (Å²) in [4.78, 5) is 28.4. The van der Waals surface area contributed by atoms with E-state index in [1.807, 2.05) is 31.2 Å². The van der Waals surface area contributed by atoms with Gasteiger partial charge in [0.15, 0.2) is 0 Å². The molecule has 2 atom stereocenters. The molecule has 1 aromatic carbocycles. The van der Waals surface area contributed by atoms with Crippen molar-refractivity contribution in [1.82, 2.24) is 4.90 Å². The predicted octanol–water partition coefficient (Wildman–Crippen LogP) is 2.02. The molecule has 0 bridgehead atoms. The first-order valence-electron chi connectivity index (χ1n) is 6.48. The Morgan fingerprint density at radius 1 is 1.26 bits per heavy atom. The van der Waals surface area contributed by atoms with Crippen LogP contribution in [0.15, 0.2) is 24.3 Å². The van der Waals surface area contributed by atoms with Crippen molar-refractivity contribution in [2.45, 2.75) is 31.8 Å². The predicted molar refractivity (Wildman–Crippen MR) is 80.8 cm³/mol. The lowest BCUT2D eigenvalue weighted by atomic mass is 10.1. The third kappa shape index (κ3) is 2.04. The summed E-state index contributed by atoms with van der Waals surface area (Å²) in [5, 5.41) is 0. The van der Waals surface area contributed by atoms with Crippen molar-refractivity contribution in [3.8, 4) is 0 Å². The number of fused-ring (bicyclic) bond motifs is 1. The standard InChI is InChI=1S/C14H15IN2O2/c1-9-13(18)16-7-3-6-12(16)14(19)17(9)11-5-2-4-10(15)8-11/h2,4-5,8-9,12H,3,6-7H2,1H3. The van der Waals surface area contributed by atoms with Gasteiger partial charge in [-0.25, -0.2) is 0 Å². The number of rotatable bonds is 1. The molecule has 0 aliphatic carbocycles. The summed E-state index contributed by atoms with van der Waals surface area (Å²) in [6, 6.07) is 7.10. The van der Waals surface area contributed by atoms with Gasteiger partial charge in [-0.2, -0.15) is 0 Å². The maximum Gasteiger partial charge on any atom is 0.250 e. The van der Waals surface area contributed by atoms with Gasteiger partial charge < -0.3 is 4.90 Å². The zero-order valence-corrected chi connectivity index (χ0v) is 12.8. The molecule has 0 saturated carbocycles. The van der Waals surface area contributed by atoms with Gasteiger partial charge in [-0.3, -0.25) is 14.5 Å². The van der Waals surface area contributed by atoms with E-state index in [0.29, 0.717) is 0 Å². The maximum absolute atomic E-state index is 12.6. The third-order valence-electron chi connectivity index (χ3n) is 3.89. The van der Waals surface area contributed by atoms with Gasteiger partial charge in [-0.1, -0.05) is 6.07 Å². The number of benzene rings is 1. The largest absolute Gasteiger partial charge is 0.329 e. The van der Waals surface area contributed by atoms with Crippen LogP contribution in [0.5, 0.6) is 0 Å². The van der Waals surface area contributed by atoms with Gasteiger partial charge in [0, 0.05) is 15.8 Å². The van der Waals surface area contributed by atoms with E-state index in [-0.39, 0.29) is 17.9 Å². The molecule has 5 heteroatoms. The first-order chi connectivity index (χ1) is 9.09. The van der Waals surface area contributed by atoms with Crippen LogP contribution < -0.4 is 4.90 Å². The van der Waals surface area contributed by atoms with Crippen molar-refractivity contribution in [2.24, 2.45) is 0 Å². The molecule has 2 unspecified atom stereocenters. The highest BCUT2D eigenvalue weighted by molar-refractivity contribution is 14.1. The van der Waals surface area contributed by atoms with E-state index in [1.54, 1.807) is 9.80 Å². The molecule has 2 fully saturated rings. The lowest BCUT2D eigenvalue weighted by Gasteiger charge is -2.40. The van der Waals surface area contributed by atoms with E-state index in [9.17, 15) is 9.59 Å². The topological polar surface area (TPSA) is 40.6 Å². The fraction of sp³-hybridized carbons (Fsp3) is 0.429. The van der Waals surface area contributed by atoms with Gasteiger partial charge >= 0.3 is 0 Å². The highest BCUT2D eigenvalue weighted by Crippen LogP contribution is 2.31. The quantitative estimate of drug-likeness (QED) is 0.710. The van der Waals surface area contributed by atoms with Crippen LogP contribution in [0.25, 0.3) is 0 Å². The van der Waals surface area contributed by atoms with Gasteiger partial charge in [0.25, 0.3) is 5.91 Å². The highest BCUT2D eigenvalue weighted by atomic mass is 127. The molecule has 4 nitrogen and oxygen atoms in total. The molecular weight excluding hydrogens is 355 g/mol. The van der Waals surface area contributed by atoms with Gasteiger partial charge in [0.1, 0.15) is 12.1 Å². The summed E-state index contributed by atoms with van der Waals surface area (Å²) >= 11 is 2.22. The zero-order valence-electron chi connectivity index (χ0n) is 10.7. The average molecular weight is 370 g/mol. The molecule has 2 heterocycles. The monoisotopic (exact) mass is 370 g/mol. The Morgan fingerprint density at radius 3 is 2.79 bits per heavy atom. The number of halogens is 1. The van der Waals surface area contributed by atoms with Crippen LogP contribution in [0.4, 0.5) is 5.69 Å². The van der Waals surface area contributed by atoms with Crippen molar-refractivity contribution in [3.05, 3.63) is 27.8 Å². The Bertz CT molecular complexity index is 546. The van der Waals surface area contributed by atoms with Crippen molar-refractivity contribution < 1.29 is 9.59 Å². The van der Waals surface area contributed by atoms with Gasteiger partial charge in [-0.05, 0) is 60.6 Å². The Hall–Kier alpha value is -1.11. The summed E-state index contributed by atoms with van der Waals surface area (Å²) in [5.41, 5.74) is 0.823. The first-order valence-corrected chi connectivity index (χ1v) is 7.56. The van der Waals surface area contributed by atoms with Crippen molar-refractivity contribution in [3.63, 3.8) is 0 Å². The Morgan fingerprint density at radius 2 is 2.05 bits per heavy atom. The van der Waals surface area contributed by atoms with E-state index in [4.69, 9.17) is 0 Å². The minimum absolute atomic E-state index is 0.0617. The van der Waals surface area contributed by atoms with Crippen LogP contribution in [0.3, 0.4) is 0 Å². The molecule has 19 heavy (non-hydrogen) atoms. The fourth-order valence-corrected chi connectivity index (χ4v) is 3.49. The summed E-state index contributed by atoms with van der Waals surface area (Å²) in [6.45, 7) is 2.54. The third-order valence-corrected chi connectivity index (χ3v) is 4.56. The number of piperazine rings is 1. The van der Waals surface area contributed by atoms with Crippen molar-refractivity contribution in [1.29, 1.82) is 0 Å². The maximum atomic E-state index is 12.6.